The minimum Gasteiger partial charge on any atom is -0.337 e. The van der Waals surface area contributed by atoms with E-state index >= 15 is 0 Å². The van der Waals surface area contributed by atoms with Crippen molar-refractivity contribution in [1.29, 1.82) is 0 Å². The van der Waals surface area contributed by atoms with Crippen LogP contribution in [0, 0.1) is 5.92 Å². The highest BCUT2D eigenvalue weighted by Gasteiger charge is 2.39. The fraction of sp³-hybridized carbons (Fsp3) is 0.467. The standard InChI is InChI=1S/C15H20BrN5O/c1-8(2)12-11(16)13(20-19-12)15-18-14(21-22-15)10-5-3-9(7-17)4-6-10/h3-6,8,11-13,19-20H,7,17H2,1-2H3. The van der Waals surface area contributed by atoms with Crippen molar-refractivity contribution < 1.29 is 4.52 Å². The van der Waals surface area contributed by atoms with Gasteiger partial charge in [0.15, 0.2) is 0 Å². The first-order valence-electron chi connectivity index (χ1n) is 7.38. The van der Waals surface area contributed by atoms with Crippen molar-refractivity contribution in [2.75, 3.05) is 0 Å². The average Bonchev–Trinajstić information content (AvgIpc) is 3.13. The van der Waals surface area contributed by atoms with E-state index in [1.807, 2.05) is 24.3 Å². The Morgan fingerprint density at radius 3 is 2.59 bits per heavy atom. The van der Waals surface area contributed by atoms with Gasteiger partial charge in [-0.05, 0) is 11.5 Å². The van der Waals surface area contributed by atoms with Crippen molar-refractivity contribution in [2.45, 2.75) is 37.3 Å². The van der Waals surface area contributed by atoms with Gasteiger partial charge in [-0.25, -0.2) is 5.43 Å². The molecule has 0 amide bonds. The normalized spacial score (nSPS) is 25.0. The van der Waals surface area contributed by atoms with Crippen LogP contribution in [0.5, 0.6) is 0 Å². The molecule has 118 valence electrons. The number of benzene rings is 1. The topological polar surface area (TPSA) is 89.0 Å². The van der Waals surface area contributed by atoms with Crippen molar-refractivity contribution >= 4 is 15.9 Å². The molecule has 22 heavy (non-hydrogen) atoms. The quantitative estimate of drug-likeness (QED) is 0.719. The fourth-order valence-corrected chi connectivity index (χ4v) is 3.65. The van der Waals surface area contributed by atoms with Gasteiger partial charge in [-0.3, -0.25) is 5.43 Å². The summed E-state index contributed by atoms with van der Waals surface area (Å²) in [6.45, 7) is 4.87. The highest BCUT2D eigenvalue weighted by Crippen LogP contribution is 2.31. The lowest BCUT2D eigenvalue weighted by molar-refractivity contribution is 0.342. The van der Waals surface area contributed by atoms with Crippen LogP contribution in [0.3, 0.4) is 0 Å². The van der Waals surface area contributed by atoms with E-state index < -0.39 is 0 Å². The molecule has 1 saturated heterocycles. The third-order valence-electron chi connectivity index (χ3n) is 3.94. The van der Waals surface area contributed by atoms with Gasteiger partial charge in [0.2, 0.25) is 11.7 Å². The number of hydrogen-bond acceptors (Lipinski definition) is 6. The third-order valence-corrected chi connectivity index (χ3v) is 5.04. The van der Waals surface area contributed by atoms with E-state index in [4.69, 9.17) is 10.3 Å². The summed E-state index contributed by atoms with van der Waals surface area (Å²) in [5.41, 5.74) is 14.1. The number of nitrogens with two attached hydrogens (primary N) is 1. The molecule has 7 heteroatoms. The number of halogens is 1. The molecule has 2 aromatic rings. The van der Waals surface area contributed by atoms with Crippen molar-refractivity contribution in [3.05, 3.63) is 35.7 Å². The molecular weight excluding hydrogens is 346 g/mol. The van der Waals surface area contributed by atoms with Gasteiger partial charge < -0.3 is 10.3 Å². The van der Waals surface area contributed by atoms with E-state index in [9.17, 15) is 0 Å². The maximum absolute atomic E-state index is 5.61. The second-order valence-electron chi connectivity index (χ2n) is 5.84. The Morgan fingerprint density at radius 1 is 1.27 bits per heavy atom. The van der Waals surface area contributed by atoms with Crippen LogP contribution in [0.15, 0.2) is 28.8 Å². The van der Waals surface area contributed by atoms with Crippen molar-refractivity contribution in [2.24, 2.45) is 11.7 Å². The first-order valence-corrected chi connectivity index (χ1v) is 8.30. The summed E-state index contributed by atoms with van der Waals surface area (Å²) >= 11 is 3.73. The zero-order valence-electron chi connectivity index (χ0n) is 12.6. The number of nitrogens with one attached hydrogen (secondary N) is 2. The first kappa shape index (κ1) is 15.6. The molecule has 6 nitrogen and oxygen atoms in total. The Balaban J connectivity index is 1.79. The Hall–Kier alpha value is -1.28. The molecule has 4 N–H and O–H groups in total. The lowest BCUT2D eigenvalue weighted by atomic mass is 9.99. The van der Waals surface area contributed by atoms with Crippen LogP contribution in [0.1, 0.15) is 31.3 Å². The minimum atomic E-state index is -0.0445. The number of nitrogens with zero attached hydrogens (tertiary/aromatic N) is 2. The van der Waals surface area contributed by atoms with Gasteiger partial charge in [0, 0.05) is 18.2 Å². The summed E-state index contributed by atoms with van der Waals surface area (Å²) in [6.07, 6.45) is 0. The maximum atomic E-state index is 5.61. The van der Waals surface area contributed by atoms with E-state index in [1.54, 1.807) is 0 Å². The summed E-state index contributed by atoms with van der Waals surface area (Å²) in [5.74, 6) is 1.66. The molecule has 3 unspecified atom stereocenters. The molecule has 0 radical (unpaired) electrons. The molecule has 2 heterocycles. The van der Waals surface area contributed by atoms with Crippen LogP contribution in [0.2, 0.25) is 0 Å². The summed E-state index contributed by atoms with van der Waals surface area (Å²) in [6, 6.07) is 8.13. The molecule has 0 saturated carbocycles. The van der Waals surface area contributed by atoms with E-state index in [2.05, 4.69) is 50.8 Å². The van der Waals surface area contributed by atoms with Gasteiger partial charge in [-0.2, -0.15) is 4.98 Å². The van der Waals surface area contributed by atoms with Crippen LogP contribution in [-0.2, 0) is 6.54 Å². The second-order valence-corrected chi connectivity index (χ2v) is 6.90. The maximum Gasteiger partial charge on any atom is 0.246 e. The lowest BCUT2D eigenvalue weighted by Crippen LogP contribution is -2.36. The first-order chi connectivity index (χ1) is 10.6. The van der Waals surface area contributed by atoms with Crippen LogP contribution >= 0.6 is 15.9 Å². The number of alkyl halides is 1. The second kappa shape index (κ2) is 6.45. The average molecular weight is 366 g/mol. The van der Waals surface area contributed by atoms with Crippen molar-refractivity contribution in [3.8, 4) is 11.4 Å². The van der Waals surface area contributed by atoms with E-state index in [1.165, 1.54) is 0 Å². The lowest BCUT2D eigenvalue weighted by Gasteiger charge is -2.18. The number of aromatic nitrogens is 2. The van der Waals surface area contributed by atoms with E-state index in [0.717, 1.165) is 11.1 Å². The summed E-state index contributed by atoms with van der Waals surface area (Å²) < 4.78 is 5.44. The van der Waals surface area contributed by atoms with Gasteiger partial charge in [0.1, 0.15) is 6.04 Å². The largest absolute Gasteiger partial charge is 0.337 e. The van der Waals surface area contributed by atoms with Crippen molar-refractivity contribution in [3.63, 3.8) is 0 Å². The highest BCUT2D eigenvalue weighted by molar-refractivity contribution is 9.09. The van der Waals surface area contributed by atoms with E-state index in [-0.39, 0.29) is 10.9 Å². The summed E-state index contributed by atoms with van der Waals surface area (Å²) in [7, 11) is 0. The number of hydrogen-bond donors (Lipinski definition) is 3. The molecular formula is C15H20BrN5O. The number of hydrazine groups is 1. The Bertz CT molecular complexity index is 627. The molecule has 1 aliphatic heterocycles. The Morgan fingerprint density at radius 2 is 2.00 bits per heavy atom. The number of rotatable bonds is 4. The smallest absolute Gasteiger partial charge is 0.246 e. The predicted octanol–water partition coefficient (Wildman–Crippen LogP) is 2.13. The monoisotopic (exact) mass is 365 g/mol. The predicted molar refractivity (Wildman–Crippen MR) is 88.0 cm³/mol. The van der Waals surface area contributed by atoms with Gasteiger partial charge in [0.25, 0.3) is 0 Å². The molecule has 0 bridgehead atoms. The molecule has 3 rings (SSSR count). The van der Waals surface area contributed by atoms with Crippen molar-refractivity contribution in [1.82, 2.24) is 21.0 Å². The molecule has 0 spiro atoms. The van der Waals surface area contributed by atoms with Crippen LogP contribution in [-0.4, -0.2) is 21.0 Å². The van der Waals surface area contributed by atoms with Crippen LogP contribution in [0.4, 0.5) is 0 Å². The fourth-order valence-electron chi connectivity index (χ4n) is 2.55. The summed E-state index contributed by atoms with van der Waals surface area (Å²) in [5, 5.41) is 4.08. The van der Waals surface area contributed by atoms with Gasteiger partial charge in [0.05, 0.1) is 4.83 Å². The minimum absolute atomic E-state index is 0.0445. The Kier molecular flexibility index (Phi) is 4.58. The summed E-state index contributed by atoms with van der Waals surface area (Å²) in [4.78, 5) is 4.72. The SMILES string of the molecule is CC(C)C1NNC(c2nc(-c3ccc(CN)cc3)no2)C1Br. The highest BCUT2D eigenvalue weighted by atomic mass is 79.9. The molecule has 1 fully saturated rings. The molecule has 1 aromatic heterocycles. The van der Waals surface area contributed by atoms with E-state index in [0.29, 0.717) is 30.2 Å². The third kappa shape index (κ3) is 2.94. The molecule has 1 aliphatic rings. The molecule has 1 aromatic carbocycles. The molecule has 3 atom stereocenters. The molecule has 0 aliphatic carbocycles. The Labute approximate surface area is 137 Å². The van der Waals surface area contributed by atoms with Crippen LogP contribution in [0.25, 0.3) is 11.4 Å². The zero-order chi connectivity index (χ0) is 15.7. The van der Waals surface area contributed by atoms with Gasteiger partial charge in [-0.1, -0.05) is 59.2 Å². The van der Waals surface area contributed by atoms with Crippen LogP contribution < -0.4 is 16.6 Å². The van der Waals surface area contributed by atoms with Gasteiger partial charge >= 0.3 is 0 Å². The zero-order valence-corrected chi connectivity index (χ0v) is 14.2. The van der Waals surface area contributed by atoms with Gasteiger partial charge in [-0.15, -0.1) is 0 Å².